The number of hydrogen-bond donors (Lipinski definition) is 0. The van der Waals surface area contributed by atoms with Gasteiger partial charge >= 0.3 is 0 Å². The Morgan fingerprint density at radius 1 is 0.677 bits per heavy atom. The number of aromatic nitrogens is 3. The Hall–Kier alpha value is -4.45. The molecule has 4 aromatic rings. The van der Waals surface area contributed by atoms with E-state index in [-0.39, 0.29) is 23.0 Å². The first-order valence-electron chi connectivity index (χ1n) is 9.57. The van der Waals surface area contributed by atoms with Crippen LogP contribution in [0.4, 0.5) is 0 Å². The lowest BCUT2D eigenvalue weighted by molar-refractivity contribution is 0.102. The summed E-state index contributed by atoms with van der Waals surface area (Å²) in [5, 5.41) is 7.89. The van der Waals surface area contributed by atoms with Gasteiger partial charge < -0.3 is 0 Å². The van der Waals surface area contributed by atoms with E-state index in [1.807, 2.05) is 6.07 Å². The first kappa shape index (κ1) is 19.8. The van der Waals surface area contributed by atoms with Gasteiger partial charge in [-0.3, -0.25) is 14.4 Å². The van der Waals surface area contributed by atoms with Gasteiger partial charge in [-0.05, 0) is 0 Å². The highest BCUT2D eigenvalue weighted by molar-refractivity contribution is 6.28. The first-order chi connectivity index (χ1) is 15.1. The summed E-state index contributed by atoms with van der Waals surface area (Å²) in [6, 6.07) is 25.8. The molecule has 0 spiro atoms. The van der Waals surface area contributed by atoms with Gasteiger partial charge in [0.05, 0.1) is 6.20 Å². The Labute approximate surface area is 178 Å². The van der Waals surface area contributed by atoms with E-state index >= 15 is 0 Å². The largest absolute Gasteiger partial charge is 0.289 e. The molecule has 1 heterocycles. The summed E-state index contributed by atoms with van der Waals surface area (Å²) < 4.78 is 1.17. The van der Waals surface area contributed by atoms with Crippen molar-refractivity contribution in [3.63, 3.8) is 0 Å². The molecule has 150 valence electrons. The Balaban J connectivity index is 1.74. The SMILES string of the molecule is O=C(/C=C(\C(=O)c1ccccc1)n1cc(C(=O)c2ccccc2)nn1)c1ccccc1. The second-order valence-corrected chi connectivity index (χ2v) is 6.70. The van der Waals surface area contributed by atoms with Crippen molar-refractivity contribution in [2.45, 2.75) is 0 Å². The van der Waals surface area contributed by atoms with Gasteiger partial charge in [0, 0.05) is 22.8 Å². The molecule has 6 heteroatoms. The van der Waals surface area contributed by atoms with Gasteiger partial charge in [0.2, 0.25) is 11.6 Å². The summed E-state index contributed by atoms with van der Waals surface area (Å²) in [5.74, 6) is -1.09. The molecule has 4 rings (SSSR count). The molecule has 31 heavy (non-hydrogen) atoms. The molecule has 0 N–H and O–H groups in total. The zero-order valence-electron chi connectivity index (χ0n) is 16.4. The molecule has 3 aromatic carbocycles. The van der Waals surface area contributed by atoms with Gasteiger partial charge in [-0.15, -0.1) is 5.10 Å². The third-order valence-corrected chi connectivity index (χ3v) is 4.60. The molecule has 0 aliphatic rings. The number of nitrogens with zero attached hydrogens (tertiary/aromatic N) is 3. The van der Waals surface area contributed by atoms with Crippen molar-refractivity contribution in [1.29, 1.82) is 0 Å². The number of ketones is 3. The Kier molecular flexibility index (Phi) is 5.71. The van der Waals surface area contributed by atoms with Crippen molar-refractivity contribution in [1.82, 2.24) is 15.0 Å². The minimum atomic E-state index is -0.409. The van der Waals surface area contributed by atoms with Crippen LogP contribution in [0.2, 0.25) is 0 Å². The van der Waals surface area contributed by atoms with Crippen LogP contribution in [0.1, 0.15) is 36.8 Å². The van der Waals surface area contributed by atoms with Crippen molar-refractivity contribution in [2.75, 3.05) is 0 Å². The van der Waals surface area contributed by atoms with Gasteiger partial charge in [-0.1, -0.05) is 96.2 Å². The van der Waals surface area contributed by atoms with Gasteiger partial charge in [-0.2, -0.15) is 0 Å². The number of carbonyl (C=O) groups excluding carboxylic acids is 3. The molecule has 0 saturated heterocycles. The molecule has 0 amide bonds. The van der Waals surface area contributed by atoms with Crippen molar-refractivity contribution >= 4 is 23.0 Å². The quantitative estimate of drug-likeness (QED) is 0.340. The summed E-state index contributed by atoms with van der Waals surface area (Å²) >= 11 is 0. The summed E-state index contributed by atoms with van der Waals surface area (Å²) in [4.78, 5) is 38.6. The predicted molar refractivity (Wildman–Crippen MR) is 116 cm³/mol. The Morgan fingerprint density at radius 3 is 1.77 bits per heavy atom. The number of rotatable bonds is 7. The van der Waals surface area contributed by atoms with Crippen LogP contribution in [0.3, 0.4) is 0 Å². The van der Waals surface area contributed by atoms with Crippen molar-refractivity contribution < 1.29 is 14.4 Å². The molecular formula is C25H17N3O3. The van der Waals surface area contributed by atoms with Crippen LogP contribution in [0.25, 0.3) is 5.70 Å². The van der Waals surface area contributed by atoms with Crippen LogP contribution in [0.5, 0.6) is 0 Å². The minimum Gasteiger partial charge on any atom is -0.289 e. The van der Waals surface area contributed by atoms with Gasteiger partial charge in [0.25, 0.3) is 0 Å². The summed E-state index contributed by atoms with van der Waals surface area (Å²) in [7, 11) is 0. The minimum absolute atomic E-state index is 0.000310. The summed E-state index contributed by atoms with van der Waals surface area (Å²) in [6.45, 7) is 0. The molecule has 6 nitrogen and oxygen atoms in total. The molecular weight excluding hydrogens is 390 g/mol. The first-order valence-corrected chi connectivity index (χ1v) is 9.57. The monoisotopic (exact) mass is 407 g/mol. The van der Waals surface area contributed by atoms with E-state index in [2.05, 4.69) is 10.3 Å². The Bertz CT molecular complexity index is 1260. The van der Waals surface area contributed by atoms with Crippen LogP contribution in [-0.2, 0) is 0 Å². The Morgan fingerprint density at radius 2 is 1.19 bits per heavy atom. The van der Waals surface area contributed by atoms with E-state index in [1.54, 1.807) is 84.9 Å². The highest BCUT2D eigenvalue weighted by Gasteiger charge is 2.20. The highest BCUT2D eigenvalue weighted by atomic mass is 16.1. The fourth-order valence-electron chi connectivity index (χ4n) is 3.01. The molecule has 0 aliphatic carbocycles. The van der Waals surface area contributed by atoms with E-state index in [1.165, 1.54) is 17.0 Å². The van der Waals surface area contributed by atoms with E-state index < -0.39 is 5.78 Å². The third-order valence-electron chi connectivity index (χ3n) is 4.60. The standard InChI is InChI=1S/C25H17N3O3/c29-23(18-10-4-1-5-11-18)16-22(25(31)20-14-8-3-9-15-20)28-17-21(26-27-28)24(30)19-12-6-2-7-13-19/h1-17H/b22-16+. The number of hydrogen-bond acceptors (Lipinski definition) is 5. The average Bonchev–Trinajstić information content (AvgIpc) is 3.33. The molecule has 0 aliphatic heterocycles. The van der Waals surface area contributed by atoms with Crippen molar-refractivity contribution in [3.8, 4) is 0 Å². The lowest BCUT2D eigenvalue weighted by atomic mass is 10.0. The number of allylic oxidation sites excluding steroid dienone is 2. The lowest BCUT2D eigenvalue weighted by Gasteiger charge is -2.06. The molecule has 0 radical (unpaired) electrons. The van der Waals surface area contributed by atoms with Crippen LogP contribution in [0, 0.1) is 0 Å². The molecule has 0 saturated carbocycles. The fraction of sp³-hybridized carbons (Fsp3) is 0. The number of benzene rings is 3. The second-order valence-electron chi connectivity index (χ2n) is 6.70. The average molecular weight is 407 g/mol. The summed E-state index contributed by atoms with van der Waals surface area (Å²) in [5.41, 5.74) is 1.35. The van der Waals surface area contributed by atoms with E-state index in [9.17, 15) is 14.4 Å². The molecule has 1 aromatic heterocycles. The maximum absolute atomic E-state index is 13.2. The van der Waals surface area contributed by atoms with Crippen molar-refractivity contribution in [3.05, 3.63) is 126 Å². The zero-order chi connectivity index (χ0) is 21.6. The van der Waals surface area contributed by atoms with Crippen LogP contribution in [-0.4, -0.2) is 32.3 Å². The molecule has 0 unspecified atom stereocenters. The van der Waals surface area contributed by atoms with Crippen molar-refractivity contribution in [2.24, 2.45) is 0 Å². The normalized spacial score (nSPS) is 11.2. The lowest BCUT2D eigenvalue weighted by Crippen LogP contribution is -2.12. The molecule has 0 atom stereocenters. The third kappa shape index (κ3) is 4.43. The van der Waals surface area contributed by atoms with Gasteiger partial charge in [0.15, 0.2) is 11.5 Å². The highest BCUT2D eigenvalue weighted by Crippen LogP contribution is 2.16. The molecule has 0 bridgehead atoms. The topological polar surface area (TPSA) is 81.9 Å². The van der Waals surface area contributed by atoms with E-state index in [0.29, 0.717) is 16.7 Å². The zero-order valence-corrected chi connectivity index (χ0v) is 16.4. The van der Waals surface area contributed by atoms with E-state index in [4.69, 9.17) is 0 Å². The maximum atomic E-state index is 13.2. The van der Waals surface area contributed by atoms with Crippen LogP contribution < -0.4 is 0 Å². The summed E-state index contributed by atoms with van der Waals surface area (Å²) in [6.07, 6.45) is 2.58. The smallest absolute Gasteiger partial charge is 0.214 e. The number of carbonyl (C=O) groups is 3. The fourth-order valence-corrected chi connectivity index (χ4v) is 3.01. The van der Waals surface area contributed by atoms with Gasteiger partial charge in [0.1, 0.15) is 5.70 Å². The van der Waals surface area contributed by atoms with Crippen LogP contribution >= 0.6 is 0 Å². The number of Topliss-reactive ketones (excluding diaryl/α,β-unsaturated/α-hetero) is 1. The maximum Gasteiger partial charge on any atom is 0.214 e. The second kappa shape index (κ2) is 8.92. The predicted octanol–water partition coefficient (Wildman–Crippen LogP) is 4.12. The van der Waals surface area contributed by atoms with Crippen LogP contribution in [0.15, 0.2) is 103 Å². The van der Waals surface area contributed by atoms with Gasteiger partial charge in [-0.25, -0.2) is 4.68 Å². The molecule has 0 fully saturated rings. The van der Waals surface area contributed by atoms with E-state index in [0.717, 1.165) is 0 Å².